The lowest BCUT2D eigenvalue weighted by molar-refractivity contribution is -0.133. The second-order valence-corrected chi connectivity index (χ2v) is 14.0. The highest BCUT2D eigenvalue weighted by Gasteiger charge is 2.49. The maximum atomic E-state index is 13.8. The molecule has 0 spiro atoms. The molecule has 0 aromatic heterocycles. The predicted octanol–water partition coefficient (Wildman–Crippen LogP) is 3.93. The average Bonchev–Trinajstić information content (AvgIpc) is 4.08. The fraction of sp³-hybridized carbons (Fsp3) is 0.415. The van der Waals surface area contributed by atoms with Crippen LogP contribution in [0.1, 0.15) is 83.2 Å². The summed E-state index contributed by atoms with van der Waals surface area (Å²) in [5.74, 6) is -2.47. The topological polar surface area (TPSA) is 163 Å². The SMILES string of the molecule is CCNC(=O)[C@H](CCC(=O)c1ccc(C(=O)N2C[C@@H](C(=O)N[C@H]3C[C@@H]3c3ccccc3)[C@H](C(=O)N[C@H]3C[C@@H]3c3ccccc3)C2)cc1)NC(=O)OCC. The number of rotatable bonds is 15. The standard InChI is InChI=1S/C41H47N5O7/c1-3-42-39(50)33(45-41(52)53-4-2)19-20-36(47)27-15-17-28(18-16-27)40(51)46-23-31(37(48)43-34-21-29(34)25-11-7-5-8-12-25)32(24-46)38(49)44-35-22-30(35)26-13-9-6-10-14-26/h5-18,29-35H,3-4,19-24H2,1-2H3,(H,42,50)(H,43,48)(H,44,49)(H,45,52)/t29-,30-,31-,32-,33+,34+,35+/m1/s1. The molecule has 0 unspecified atom stereocenters. The molecule has 5 amide bonds. The van der Waals surface area contributed by atoms with Crippen LogP contribution in [0.3, 0.4) is 0 Å². The number of likely N-dealkylation sites (tertiary alicyclic amines) is 1. The molecule has 1 heterocycles. The molecule has 2 saturated carbocycles. The molecule has 3 fully saturated rings. The molecule has 0 bridgehead atoms. The lowest BCUT2D eigenvalue weighted by atomic mass is 9.94. The number of nitrogens with one attached hydrogen (secondary N) is 4. The number of hydrogen-bond acceptors (Lipinski definition) is 7. The Morgan fingerprint density at radius 2 is 1.23 bits per heavy atom. The minimum absolute atomic E-state index is 0.0217. The molecular weight excluding hydrogens is 674 g/mol. The van der Waals surface area contributed by atoms with Crippen molar-refractivity contribution in [3.8, 4) is 0 Å². The van der Waals surface area contributed by atoms with E-state index in [1.165, 1.54) is 0 Å². The molecular formula is C41H47N5O7. The number of Topliss-reactive ketones (excluding diaryl/α,β-unsaturated/α-hetero) is 1. The lowest BCUT2D eigenvalue weighted by Crippen LogP contribution is -2.47. The van der Waals surface area contributed by atoms with E-state index >= 15 is 0 Å². The zero-order chi connectivity index (χ0) is 37.5. The molecule has 7 atom stereocenters. The van der Waals surface area contributed by atoms with Crippen LogP contribution in [0.4, 0.5) is 4.79 Å². The number of ketones is 1. The molecule has 4 N–H and O–H groups in total. The van der Waals surface area contributed by atoms with Crippen molar-refractivity contribution in [2.24, 2.45) is 11.8 Å². The van der Waals surface area contributed by atoms with Crippen LogP contribution in [0.5, 0.6) is 0 Å². The molecule has 278 valence electrons. The van der Waals surface area contributed by atoms with Gasteiger partial charge in [-0.3, -0.25) is 24.0 Å². The minimum Gasteiger partial charge on any atom is -0.450 e. The average molecular weight is 722 g/mol. The van der Waals surface area contributed by atoms with E-state index < -0.39 is 29.9 Å². The third kappa shape index (κ3) is 9.29. The molecule has 3 aromatic rings. The maximum Gasteiger partial charge on any atom is 0.407 e. The van der Waals surface area contributed by atoms with Gasteiger partial charge in [-0.25, -0.2) is 4.79 Å². The fourth-order valence-electron chi connectivity index (χ4n) is 7.21. The van der Waals surface area contributed by atoms with Gasteiger partial charge in [0.1, 0.15) is 6.04 Å². The number of benzene rings is 3. The summed E-state index contributed by atoms with van der Waals surface area (Å²) < 4.78 is 4.89. The van der Waals surface area contributed by atoms with Crippen molar-refractivity contribution in [2.45, 2.75) is 69.5 Å². The Kier molecular flexibility index (Phi) is 11.9. The number of carbonyl (C=O) groups excluding carboxylic acids is 6. The highest BCUT2D eigenvalue weighted by Crippen LogP contribution is 2.42. The van der Waals surface area contributed by atoms with Crippen LogP contribution in [0.25, 0.3) is 0 Å². The van der Waals surface area contributed by atoms with Crippen molar-refractivity contribution in [2.75, 3.05) is 26.2 Å². The Hall–Kier alpha value is -5.52. The van der Waals surface area contributed by atoms with Gasteiger partial charge in [0.15, 0.2) is 5.78 Å². The van der Waals surface area contributed by atoms with E-state index in [1.54, 1.807) is 43.0 Å². The quantitative estimate of drug-likeness (QED) is 0.173. The van der Waals surface area contributed by atoms with Gasteiger partial charge in [-0.05, 0) is 56.4 Å². The van der Waals surface area contributed by atoms with Gasteiger partial charge in [0, 0.05) is 61.1 Å². The van der Waals surface area contributed by atoms with Gasteiger partial charge in [-0.2, -0.15) is 0 Å². The molecule has 6 rings (SSSR count). The molecule has 0 radical (unpaired) electrons. The molecule has 53 heavy (non-hydrogen) atoms. The highest BCUT2D eigenvalue weighted by atomic mass is 16.5. The van der Waals surface area contributed by atoms with Crippen LogP contribution in [0.15, 0.2) is 84.9 Å². The van der Waals surface area contributed by atoms with Crippen LogP contribution in [0.2, 0.25) is 0 Å². The summed E-state index contributed by atoms with van der Waals surface area (Å²) >= 11 is 0. The second-order valence-electron chi connectivity index (χ2n) is 14.0. The highest BCUT2D eigenvalue weighted by molar-refractivity contribution is 6.00. The first-order valence-corrected chi connectivity index (χ1v) is 18.5. The second kappa shape index (κ2) is 16.9. The van der Waals surface area contributed by atoms with Crippen LogP contribution in [-0.2, 0) is 19.1 Å². The summed E-state index contributed by atoms with van der Waals surface area (Å²) in [6, 6.07) is 25.2. The Bertz CT molecular complexity index is 1730. The summed E-state index contributed by atoms with van der Waals surface area (Å²) in [7, 11) is 0. The van der Waals surface area contributed by atoms with Crippen molar-refractivity contribution < 1.29 is 33.5 Å². The fourth-order valence-corrected chi connectivity index (χ4v) is 7.21. The van der Waals surface area contributed by atoms with Gasteiger partial charge in [-0.1, -0.05) is 72.8 Å². The number of amides is 5. The molecule has 12 heteroatoms. The molecule has 1 saturated heterocycles. The summed E-state index contributed by atoms with van der Waals surface area (Å²) in [5, 5.41) is 11.5. The molecule has 3 aromatic carbocycles. The van der Waals surface area contributed by atoms with Crippen molar-refractivity contribution in [3.63, 3.8) is 0 Å². The van der Waals surface area contributed by atoms with Gasteiger partial charge < -0.3 is 30.9 Å². The van der Waals surface area contributed by atoms with Gasteiger partial charge in [0.05, 0.1) is 18.4 Å². The molecule has 2 aliphatic carbocycles. The van der Waals surface area contributed by atoms with Gasteiger partial charge >= 0.3 is 6.09 Å². The van der Waals surface area contributed by atoms with Gasteiger partial charge in [0.2, 0.25) is 17.7 Å². The first-order valence-electron chi connectivity index (χ1n) is 18.5. The van der Waals surface area contributed by atoms with Gasteiger partial charge in [-0.15, -0.1) is 0 Å². The number of likely N-dealkylation sites (N-methyl/N-ethyl adjacent to an activating group) is 1. The third-order valence-corrected chi connectivity index (χ3v) is 10.3. The third-order valence-electron chi connectivity index (χ3n) is 10.3. The van der Waals surface area contributed by atoms with E-state index in [0.717, 1.165) is 24.0 Å². The van der Waals surface area contributed by atoms with Crippen molar-refractivity contribution in [1.29, 1.82) is 0 Å². The Balaban J connectivity index is 1.09. The number of hydrogen-bond donors (Lipinski definition) is 4. The van der Waals surface area contributed by atoms with Gasteiger partial charge in [0.25, 0.3) is 5.91 Å². The summed E-state index contributed by atoms with van der Waals surface area (Å²) in [6.45, 7) is 4.09. The Morgan fingerprint density at radius 1 is 0.717 bits per heavy atom. The summed E-state index contributed by atoms with van der Waals surface area (Å²) in [6.07, 6.45) is 0.933. The van der Waals surface area contributed by atoms with Crippen LogP contribution in [-0.4, -0.2) is 84.8 Å². The van der Waals surface area contributed by atoms with Crippen LogP contribution in [0, 0.1) is 11.8 Å². The molecule has 1 aliphatic heterocycles. The van der Waals surface area contributed by atoms with E-state index in [0.29, 0.717) is 17.7 Å². The normalized spacial score (nSPS) is 23.2. The summed E-state index contributed by atoms with van der Waals surface area (Å²) in [4.78, 5) is 80.4. The van der Waals surface area contributed by atoms with E-state index in [1.807, 2.05) is 60.7 Å². The Morgan fingerprint density at radius 3 is 1.72 bits per heavy atom. The van der Waals surface area contributed by atoms with Crippen molar-refractivity contribution in [3.05, 3.63) is 107 Å². The number of ether oxygens (including phenoxy) is 1. The summed E-state index contributed by atoms with van der Waals surface area (Å²) in [5.41, 5.74) is 2.99. The van der Waals surface area contributed by atoms with Crippen LogP contribution < -0.4 is 21.3 Å². The molecule has 3 aliphatic rings. The minimum atomic E-state index is -0.947. The predicted molar refractivity (Wildman–Crippen MR) is 197 cm³/mol. The van der Waals surface area contributed by atoms with E-state index in [-0.39, 0.29) is 80.0 Å². The van der Waals surface area contributed by atoms with E-state index in [4.69, 9.17) is 4.74 Å². The smallest absolute Gasteiger partial charge is 0.407 e. The maximum absolute atomic E-state index is 13.8. The van der Waals surface area contributed by atoms with E-state index in [9.17, 15) is 28.8 Å². The lowest BCUT2D eigenvalue weighted by Gasteiger charge is -2.18. The largest absolute Gasteiger partial charge is 0.450 e. The number of alkyl carbamates (subject to hydrolysis) is 1. The first-order chi connectivity index (χ1) is 25.7. The van der Waals surface area contributed by atoms with E-state index in [2.05, 4.69) is 21.3 Å². The first kappa shape index (κ1) is 37.2. The monoisotopic (exact) mass is 721 g/mol. The molecule has 12 nitrogen and oxygen atoms in total. The van der Waals surface area contributed by atoms with Crippen molar-refractivity contribution in [1.82, 2.24) is 26.2 Å². The zero-order valence-electron chi connectivity index (χ0n) is 30.1. The Labute approximate surface area is 309 Å². The zero-order valence-corrected chi connectivity index (χ0v) is 30.1. The number of carbonyl (C=O) groups is 6. The van der Waals surface area contributed by atoms with Crippen LogP contribution >= 0.6 is 0 Å². The van der Waals surface area contributed by atoms with Crippen molar-refractivity contribution >= 4 is 35.5 Å². The number of nitrogens with zero attached hydrogens (tertiary/aromatic N) is 1.